The molecule has 1 heterocycles. The zero-order valence-electron chi connectivity index (χ0n) is 13.8. The fourth-order valence-electron chi connectivity index (χ4n) is 2.11. The number of esters is 1. The molecule has 2 rings (SSSR count). The molecular formula is C15H16N2O6S2. The van der Waals surface area contributed by atoms with Crippen LogP contribution in [0.3, 0.4) is 0 Å². The van der Waals surface area contributed by atoms with E-state index < -0.39 is 32.6 Å². The maximum Gasteiger partial charge on any atom is 0.337 e. The normalized spacial score (nSPS) is 12.4. The summed E-state index contributed by atoms with van der Waals surface area (Å²) in [5.74, 6) is -2.37. The first kappa shape index (κ1) is 19.0. The van der Waals surface area contributed by atoms with Crippen LogP contribution in [0.4, 0.5) is 0 Å². The number of aryl methyl sites for hydroxylation is 1. The van der Waals surface area contributed by atoms with Crippen LogP contribution in [-0.4, -0.2) is 42.8 Å². The minimum atomic E-state index is -4.14. The number of sulfone groups is 1. The fourth-order valence-corrected chi connectivity index (χ4v) is 3.86. The van der Waals surface area contributed by atoms with E-state index in [9.17, 15) is 22.8 Å². The lowest BCUT2D eigenvalue weighted by Crippen LogP contribution is -2.23. The van der Waals surface area contributed by atoms with E-state index in [1.807, 2.05) is 6.92 Å². The molecule has 2 aromatic rings. The lowest BCUT2D eigenvalue weighted by atomic mass is 10.2. The number of amides is 1. The summed E-state index contributed by atoms with van der Waals surface area (Å²) in [6, 6.07) is 4.92. The average Bonchev–Trinajstić information content (AvgIpc) is 2.88. The summed E-state index contributed by atoms with van der Waals surface area (Å²) in [6.07, 6.45) is 0. The van der Waals surface area contributed by atoms with E-state index >= 15 is 0 Å². The molecule has 0 unspecified atom stereocenters. The van der Waals surface area contributed by atoms with E-state index in [4.69, 9.17) is 0 Å². The van der Waals surface area contributed by atoms with Crippen molar-refractivity contribution in [2.24, 2.45) is 4.99 Å². The third-order valence-electron chi connectivity index (χ3n) is 3.39. The molecule has 0 atom stereocenters. The number of thiazole rings is 1. The Balaban J connectivity index is 2.52. The van der Waals surface area contributed by atoms with Gasteiger partial charge in [0.25, 0.3) is 5.91 Å². The summed E-state index contributed by atoms with van der Waals surface area (Å²) in [5, 5.41) is -1.07. The van der Waals surface area contributed by atoms with Crippen LogP contribution in [0.5, 0.6) is 0 Å². The molecule has 25 heavy (non-hydrogen) atoms. The quantitative estimate of drug-likeness (QED) is 0.724. The zero-order chi connectivity index (χ0) is 18.8. The second-order valence-electron chi connectivity index (χ2n) is 5.06. The van der Waals surface area contributed by atoms with Crippen molar-refractivity contribution in [2.75, 3.05) is 12.9 Å². The van der Waals surface area contributed by atoms with Crippen LogP contribution in [0.2, 0.25) is 0 Å². The summed E-state index contributed by atoms with van der Waals surface area (Å²) in [4.78, 5) is 38.7. The van der Waals surface area contributed by atoms with Gasteiger partial charge >= 0.3 is 5.97 Å². The molecule has 1 aromatic heterocycles. The molecule has 0 N–H and O–H groups in total. The third kappa shape index (κ3) is 4.02. The molecule has 0 bridgehead atoms. The van der Waals surface area contributed by atoms with Crippen LogP contribution in [0, 0.1) is 0 Å². The summed E-state index contributed by atoms with van der Waals surface area (Å²) in [5.41, 5.74) is 1.11. The smallest absolute Gasteiger partial charge is 0.337 e. The summed E-state index contributed by atoms with van der Waals surface area (Å²) in [6.45, 7) is 3.22. The zero-order valence-corrected chi connectivity index (χ0v) is 15.4. The number of carbonyl (C=O) groups is 3. The molecule has 0 spiro atoms. The Labute approximate surface area is 147 Å². The van der Waals surface area contributed by atoms with Gasteiger partial charge in [-0.2, -0.15) is 4.99 Å². The molecule has 1 amide bonds. The van der Waals surface area contributed by atoms with E-state index in [1.54, 1.807) is 22.8 Å². The van der Waals surface area contributed by atoms with Crippen molar-refractivity contribution in [2.45, 2.75) is 20.4 Å². The van der Waals surface area contributed by atoms with E-state index in [0.29, 0.717) is 21.6 Å². The molecule has 0 saturated heterocycles. The van der Waals surface area contributed by atoms with Crippen LogP contribution in [0.25, 0.3) is 10.2 Å². The molecular weight excluding hydrogens is 368 g/mol. The predicted molar refractivity (Wildman–Crippen MR) is 91.9 cm³/mol. The lowest BCUT2D eigenvalue weighted by Gasteiger charge is -2.02. The molecule has 0 aliphatic heterocycles. The first-order chi connectivity index (χ1) is 11.7. The molecule has 0 fully saturated rings. The molecule has 0 saturated carbocycles. The van der Waals surface area contributed by atoms with Crippen LogP contribution < -0.4 is 4.80 Å². The Morgan fingerprint density at radius 3 is 2.52 bits per heavy atom. The predicted octanol–water partition coefficient (Wildman–Crippen LogP) is 0.898. The molecule has 134 valence electrons. The van der Waals surface area contributed by atoms with Crippen molar-refractivity contribution in [3.63, 3.8) is 0 Å². The Hall–Kier alpha value is -2.33. The first-order valence-corrected chi connectivity index (χ1v) is 9.69. The Morgan fingerprint density at radius 2 is 1.96 bits per heavy atom. The van der Waals surface area contributed by atoms with Gasteiger partial charge in [0, 0.05) is 13.5 Å². The summed E-state index contributed by atoms with van der Waals surface area (Å²) in [7, 11) is -2.86. The van der Waals surface area contributed by atoms with Gasteiger partial charge in [-0.1, -0.05) is 11.3 Å². The minimum Gasteiger partial charge on any atom is -0.465 e. The number of carbonyl (C=O) groups excluding carboxylic acids is 3. The summed E-state index contributed by atoms with van der Waals surface area (Å²) < 4.78 is 30.1. The van der Waals surface area contributed by atoms with Gasteiger partial charge in [-0.3, -0.25) is 9.59 Å². The molecule has 0 radical (unpaired) electrons. The highest BCUT2D eigenvalue weighted by Crippen LogP contribution is 2.19. The number of aromatic nitrogens is 1. The Bertz CT molecular complexity index is 1030. The number of rotatable bonds is 4. The lowest BCUT2D eigenvalue weighted by molar-refractivity contribution is -0.116. The number of hydrogen-bond donors (Lipinski definition) is 0. The van der Waals surface area contributed by atoms with Crippen LogP contribution in [0.15, 0.2) is 23.2 Å². The Kier molecular flexibility index (Phi) is 5.53. The Morgan fingerprint density at radius 1 is 1.28 bits per heavy atom. The topological polar surface area (TPSA) is 112 Å². The van der Waals surface area contributed by atoms with Gasteiger partial charge in [-0.15, -0.1) is 0 Å². The van der Waals surface area contributed by atoms with Crippen LogP contribution in [0.1, 0.15) is 24.2 Å². The highest BCUT2D eigenvalue weighted by molar-refractivity contribution is 8.06. The monoisotopic (exact) mass is 384 g/mol. The second-order valence-corrected chi connectivity index (χ2v) is 8.16. The van der Waals surface area contributed by atoms with E-state index in [0.717, 1.165) is 23.8 Å². The number of ether oxygens (including phenoxy) is 1. The molecule has 0 aliphatic carbocycles. The third-order valence-corrected chi connectivity index (χ3v) is 5.94. The van der Waals surface area contributed by atoms with Crippen molar-refractivity contribution in [1.82, 2.24) is 4.57 Å². The van der Waals surface area contributed by atoms with Crippen molar-refractivity contribution < 1.29 is 27.5 Å². The van der Waals surface area contributed by atoms with Gasteiger partial charge in [0.1, 0.15) is 5.75 Å². The van der Waals surface area contributed by atoms with Gasteiger partial charge in [0.05, 0.1) is 22.9 Å². The maximum atomic E-state index is 11.9. The van der Waals surface area contributed by atoms with Gasteiger partial charge in [-0.25, -0.2) is 13.2 Å². The van der Waals surface area contributed by atoms with Crippen molar-refractivity contribution in [3.8, 4) is 0 Å². The maximum absolute atomic E-state index is 11.9. The van der Waals surface area contributed by atoms with Crippen LogP contribution >= 0.6 is 11.3 Å². The van der Waals surface area contributed by atoms with E-state index in [1.165, 1.54) is 7.11 Å². The molecule has 1 aromatic carbocycles. The number of fused-ring (bicyclic) bond motifs is 1. The van der Waals surface area contributed by atoms with Gasteiger partial charge in [-0.05, 0) is 25.1 Å². The van der Waals surface area contributed by atoms with E-state index in [2.05, 4.69) is 9.73 Å². The minimum absolute atomic E-state index is 0.295. The largest absolute Gasteiger partial charge is 0.465 e. The number of methoxy groups -OCH3 is 1. The first-order valence-electron chi connectivity index (χ1n) is 7.22. The van der Waals surface area contributed by atoms with Crippen molar-refractivity contribution in [3.05, 3.63) is 28.6 Å². The second kappa shape index (κ2) is 7.28. The highest BCUT2D eigenvalue weighted by Gasteiger charge is 2.21. The highest BCUT2D eigenvalue weighted by atomic mass is 32.2. The van der Waals surface area contributed by atoms with E-state index in [-0.39, 0.29) is 0 Å². The summed E-state index contributed by atoms with van der Waals surface area (Å²) >= 11 is 1.14. The van der Waals surface area contributed by atoms with Gasteiger partial charge < -0.3 is 9.30 Å². The fraction of sp³-hybridized carbons (Fsp3) is 0.333. The van der Waals surface area contributed by atoms with Crippen molar-refractivity contribution in [1.29, 1.82) is 0 Å². The molecule has 0 aliphatic rings. The van der Waals surface area contributed by atoms with Crippen molar-refractivity contribution >= 4 is 48.4 Å². The standard InChI is InChI=1S/C15H16N2O6S2/c1-4-17-11-6-5-10(14(20)23-3)7-12(11)24-15(17)16-13(19)8-25(21,22)9(2)18/h5-7H,4,8H2,1-3H3. The number of benzene rings is 1. The molecule has 10 heteroatoms. The SMILES string of the molecule is CCn1c(=NC(=O)CS(=O)(=O)C(C)=O)sc2cc(C(=O)OC)ccc21. The number of nitrogens with zero attached hydrogens (tertiary/aromatic N) is 2. The van der Waals surface area contributed by atoms with Crippen LogP contribution in [-0.2, 0) is 30.7 Å². The van der Waals surface area contributed by atoms with Gasteiger partial charge in [0.2, 0.25) is 15.0 Å². The molecule has 8 nitrogen and oxygen atoms in total. The number of hydrogen-bond acceptors (Lipinski definition) is 7. The average molecular weight is 384 g/mol. The van der Waals surface area contributed by atoms with Gasteiger partial charge in [0.15, 0.2) is 4.80 Å².